The van der Waals surface area contributed by atoms with Crippen LogP contribution in [0.2, 0.25) is 0 Å². The van der Waals surface area contributed by atoms with Crippen LogP contribution in [0.5, 0.6) is 5.75 Å². The lowest BCUT2D eigenvalue weighted by Gasteiger charge is -2.20. The molecular formula is C19H19NO6S. The number of esters is 1. The van der Waals surface area contributed by atoms with E-state index in [9.17, 15) is 18.0 Å². The Labute approximate surface area is 157 Å². The molecule has 1 atom stereocenters. The molecule has 0 spiro atoms. The normalized spacial score (nSPS) is 16.0. The van der Waals surface area contributed by atoms with Gasteiger partial charge < -0.3 is 13.8 Å². The van der Waals surface area contributed by atoms with Gasteiger partial charge in [0, 0.05) is 18.7 Å². The van der Waals surface area contributed by atoms with Gasteiger partial charge in [0.1, 0.15) is 10.5 Å². The number of hydrogen-bond acceptors (Lipinski definition) is 6. The van der Waals surface area contributed by atoms with E-state index in [4.69, 9.17) is 4.18 Å². The van der Waals surface area contributed by atoms with Gasteiger partial charge in [0.15, 0.2) is 5.75 Å². The SMILES string of the molecule is COC(=O)c1ccccc1OS(=O)(=O)c1ccc2c(c1)C[C@@H](C)N2C(C)=O. The second kappa shape index (κ2) is 7.03. The maximum Gasteiger partial charge on any atom is 0.341 e. The fourth-order valence-corrected chi connectivity index (χ4v) is 4.23. The Balaban J connectivity index is 1.95. The summed E-state index contributed by atoms with van der Waals surface area (Å²) in [5.74, 6) is -0.899. The molecule has 0 bridgehead atoms. The first-order valence-corrected chi connectivity index (χ1v) is 9.70. The third-order valence-electron chi connectivity index (χ3n) is 4.39. The molecule has 7 nitrogen and oxygen atoms in total. The van der Waals surface area contributed by atoms with Crippen molar-refractivity contribution in [3.05, 3.63) is 53.6 Å². The molecule has 0 saturated heterocycles. The molecule has 0 saturated carbocycles. The average Bonchev–Trinajstić information content (AvgIpc) is 2.96. The Kier molecular flexibility index (Phi) is 4.93. The van der Waals surface area contributed by atoms with Crippen molar-refractivity contribution in [2.24, 2.45) is 0 Å². The molecule has 0 aliphatic carbocycles. The molecule has 2 aromatic rings. The van der Waals surface area contributed by atoms with Gasteiger partial charge in [-0.15, -0.1) is 0 Å². The maximum absolute atomic E-state index is 12.7. The Morgan fingerprint density at radius 3 is 2.52 bits per heavy atom. The molecule has 1 aliphatic rings. The number of amides is 1. The Bertz CT molecular complexity index is 1010. The number of fused-ring (bicyclic) bond motifs is 1. The molecule has 0 fully saturated rings. The minimum atomic E-state index is -4.17. The summed E-state index contributed by atoms with van der Waals surface area (Å²) in [6.07, 6.45) is 0.553. The number of rotatable bonds is 4. The van der Waals surface area contributed by atoms with Crippen molar-refractivity contribution < 1.29 is 26.9 Å². The Hall–Kier alpha value is -2.87. The average molecular weight is 389 g/mol. The second-order valence-corrected chi connectivity index (χ2v) is 7.80. The molecular weight excluding hydrogens is 370 g/mol. The van der Waals surface area contributed by atoms with Crippen molar-refractivity contribution in [2.75, 3.05) is 12.0 Å². The van der Waals surface area contributed by atoms with Gasteiger partial charge in [-0.2, -0.15) is 8.42 Å². The van der Waals surface area contributed by atoms with Crippen molar-refractivity contribution in [1.82, 2.24) is 0 Å². The Morgan fingerprint density at radius 2 is 1.85 bits per heavy atom. The van der Waals surface area contributed by atoms with E-state index in [0.717, 1.165) is 5.56 Å². The lowest BCUT2D eigenvalue weighted by Crippen LogP contribution is -2.33. The van der Waals surface area contributed by atoms with Crippen LogP contribution in [0.4, 0.5) is 5.69 Å². The van der Waals surface area contributed by atoms with Crippen molar-refractivity contribution in [3.8, 4) is 5.75 Å². The number of carbonyl (C=O) groups is 2. The topological polar surface area (TPSA) is 90.0 Å². The summed E-state index contributed by atoms with van der Waals surface area (Å²) >= 11 is 0. The summed E-state index contributed by atoms with van der Waals surface area (Å²) in [6, 6.07) is 10.4. The van der Waals surface area contributed by atoms with Crippen molar-refractivity contribution in [3.63, 3.8) is 0 Å². The first kappa shape index (κ1) is 18.9. The molecule has 142 valence electrons. The molecule has 27 heavy (non-hydrogen) atoms. The van der Waals surface area contributed by atoms with E-state index in [1.54, 1.807) is 23.1 Å². The van der Waals surface area contributed by atoms with Gasteiger partial charge in [0.25, 0.3) is 0 Å². The summed E-state index contributed by atoms with van der Waals surface area (Å²) in [7, 11) is -2.96. The monoisotopic (exact) mass is 389 g/mol. The van der Waals surface area contributed by atoms with E-state index in [1.807, 2.05) is 6.92 Å². The zero-order valence-corrected chi connectivity index (χ0v) is 15.9. The van der Waals surface area contributed by atoms with Crippen LogP contribution in [0.1, 0.15) is 29.8 Å². The van der Waals surface area contributed by atoms with Gasteiger partial charge in [0.05, 0.1) is 7.11 Å². The van der Waals surface area contributed by atoms with Crippen LogP contribution in [0.25, 0.3) is 0 Å². The first-order chi connectivity index (χ1) is 12.7. The minimum Gasteiger partial charge on any atom is -0.465 e. The maximum atomic E-state index is 12.7. The smallest absolute Gasteiger partial charge is 0.341 e. The van der Waals surface area contributed by atoms with Gasteiger partial charge in [0.2, 0.25) is 5.91 Å². The molecule has 3 rings (SSSR count). The molecule has 1 aliphatic heterocycles. The summed E-state index contributed by atoms with van der Waals surface area (Å²) in [5, 5.41) is 0. The van der Waals surface area contributed by atoms with Gasteiger partial charge in [-0.3, -0.25) is 4.79 Å². The summed E-state index contributed by atoms with van der Waals surface area (Å²) in [6.45, 7) is 3.38. The minimum absolute atomic E-state index is 0.0149. The van der Waals surface area contributed by atoms with Gasteiger partial charge in [-0.05, 0) is 49.2 Å². The molecule has 1 heterocycles. The number of ether oxygens (including phenoxy) is 1. The van der Waals surface area contributed by atoms with Crippen LogP contribution in [0, 0.1) is 0 Å². The quantitative estimate of drug-likeness (QED) is 0.590. The van der Waals surface area contributed by atoms with Crippen molar-refractivity contribution >= 4 is 27.7 Å². The lowest BCUT2D eigenvalue weighted by molar-refractivity contribution is -0.116. The highest BCUT2D eigenvalue weighted by atomic mass is 32.2. The van der Waals surface area contributed by atoms with Crippen LogP contribution in [0.3, 0.4) is 0 Å². The van der Waals surface area contributed by atoms with E-state index in [2.05, 4.69) is 4.74 Å². The van der Waals surface area contributed by atoms with E-state index in [0.29, 0.717) is 12.1 Å². The third-order valence-corrected chi connectivity index (χ3v) is 5.62. The predicted octanol–water partition coefficient (Wildman–Crippen LogP) is 2.54. The zero-order chi connectivity index (χ0) is 19.8. The number of nitrogens with zero attached hydrogens (tertiary/aromatic N) is 1. The molecule has 8 heteroatoms. The number of carbonyl (C=O) groups excluding carboxylic acids is 2. The third kappa shape index (κ3) is 3.52. The zero-order valence-electron chi connectivity index (χ0n) is 15.1. The Morgan fingerprint density at radius 1 is 1.15 bits per heavy atom. The van der Waals surface area contributed by atoms with E-state index in [1.165, 1.54) is 38.3 Å². The standard InChI is InChI=1S/C19H19NO6S/c1-12-10-14-11-15(8-9-17(14)20(12)13(2)21)27(23,24)26-18-7-5-4-6-16(18)19(22)25-3/h4-9,11-12H,10H2,1-3H3/t12-/m1/s1. The van der Waals surface area contributed by atoms with Gasteiger partial charge in [-0.25, -0.2) is 4.79 Å². The molecule has 1 amide bonds. The van der Waals surface area contributed by atoms with Gasteiger partial charge in [-0.1, -0.05) is 12.1 Å². The molecule has 2 aromatic carbocycles. The summed E-state index contributed by atoms with van der Waals surface area (Å²) in [5.41, 5.74) is 1.47. The van der Waals surface area contributed by atoms with E-state index in [-0.39, 0.29) is 28.2 Å². The van der Waals surface area contributed by atoms with Crippen LogP contribution in [-0.2, 0) is 26.1 Å². The van der Waals surface area contributed by atoms with E-state index >= 15 is 0 Å². The van der Waals surface area contributed by atoms with Crippen molar-refractivity contribution in [1.29, 1.82) is 0 Å². The first-order valence-electron chi connectivity index (χ1n) is 8.29. The van der Waals surface area contributed by atoms with Crippen LogP contribution >= 0.6 is 0 Å². The number of hydrogen-bond donors (Lipinski definition) is 0. The van der Waals surface area contributed by atoms with Gasteiger partial charge >= 0.3 is 16.1 Å². The second-order valence-electron chi connectivity index (χ2n) is 6.26. The highest BCUT2D eigenvalue weighted by molar-refractivity contribution is 7.87. The summed E-state index contributed by atoms with van der Waals surface area (Å²) in [4.78, 5) is 25.2. The predicted molar refractivity (Wildman–Crippen MR) is 98.4 cm³/mol. The number of benzene rings is 2. The van der Waals surface area contributed by atoms with Crippen LogP contribution in [-0.4, -0.2) is 33.4 Å². The molecule has 0 N–H and O–H groups in total. The van der Waals surface area contributed by atoms with Crippen LogP contribution < -0.4 is 9.08 Å². The highest BCUT2D eigenvalue weighted by Gasteiger charge is 2.31. The van der Waals surface area contributed by atoms with Crippen molar-refractivity contribution in [2.45, 2.75) is 31.2 Å². The van der Waals surface area contributed by atoms with E-state index < -0.39 is 16.1 Å². The fourth-order valence-electron chi connectivity index (χ4n) is 3.23. The number of anilines is 1. The molecule has 0 unspecified atom stereocenters. The number of para-hydroxylation sites is 1. The lowest BCUT2D eigenvalue weighted by atomic mass is 10.1. The summed E-state index contributed by atoms with van der Waals surface area (Å²) < 4.78 is 35.3. The fraction of sp³-hybridized carbons (Fsp3) is 0.263. The molecule has 0 radical (unpaired) electrons. The largest absolute Gasteiger partial charge is 0.465 e. The number of methoxy groups -OCH3 is 1. The highest BCUT2D eigenvalue weighted by Crippen LogP contribution is 2.34. The molecule has 0 aromatic heterocycles. The van der Waals surface area contributed by atoms with Crippen LogP contribution in [0.15, 0.2) is 47.4 Å².